The fraction of sp³-hybridized carbons (Fsp3) is 0.667. The molecule has 1 fully saturated rings. The molecule has 1 aromatic carbocycles. The van der Waals surface area contributed by atoms with Crippen LogP contribution in [0.25, 0.3) is 0 Å². The van der Waals surface area contributed by atoms with E-state index in [2.05, 4.69) is 38.1 Å². The van der Waals surface area contributed by atoms with E-state index in [0.717, 1.165) is 0 Å². The van der Waals surface area contributed by atoms with Crippen LogP contribution < -0.4 is 0 Å². The zero-order valence-corrected chi connectivity index (χ0v) is 12.2. The summed E-state index contributed by atoms with van der Waals surface area (Å²) in [6.07, 6.45) is 12.7. The monoisotopic (exact) mass is 244 g/mol. The Morgan fingerprint density at radius 2 is 1.61 bits per heavy atom. The highest BCUT2D eigenvalue weighted by Crippen LogP contribution is 2.43. The van der Waals surface area contributed by atoms with Gasteiger partial charge < -0.3 is 0 Å². The van der Waals surface area contributed by atoms with Crippen molar-refractivity contribution in [1.82, 2.24) is 0 Å². The first kappa shape index (κ1) is 13.6. The number of rotatable bonds is 5. The van der Waals surface area contributed by atoms with Crippen LogP contribution >= 0.6 is 0 Å². The molecule has 1 saturated carbocycles. The van der Waals surface area contributed by atoms with Gasteiger partial charge in [0, 0.05) is 0 Å². The Labute approximate surface area is 113 Å². The first-order chi connectivity index (χ1) is 8.77. The van der Waals surface area contributed by atoms with E-state index in [0.29, 0.717) is 5.41 Å². The Hall–Kier alpha value is -0.780. The van der Waals surface area contributed by atoms with Gasteiger partial charge in [-0.1, -0.05) is 75.3 Å². The third-order valence-electron chi connectivity index (χ3n) is 4.73. The maximum atomic E-state index is 2.40. The third-order valence-corrected chi connectivity index (χ3v) is 4.73. The van der Waals surface area contributed by atoms with Crippen LogP contribution in [0.2, 0.25) is 0 Å². The Bertz CT molecular complexity index is 341. The number of hydrogen-bond donors (Lipinski definition) is 0. The Morgan fingerprint density at radius 3 is 2.22 bits per heavy atom. The third kappa shape index (κ3) is 3.16. The van der Waals surface area contributed by atoms with Gasteiger partial charge in [-0.15, -0.1) is 0 Å². The molecular formula is C18H28. The van der Waals surface area contributed by atoms with Crippen LogP contribution in [-0.2, 0) is 5.41 Å². The van der Waals surface area contributed by atoms with E-state index in [1.807, 2.05) is 0 Å². The lowest BCUT2D eigenvalue weighted by Crippen LogP contribution is -2.29. The van der Waals surface area contributed by atoms with Crippen molar-refractivity contribution in [3.05, 3.63) is 35.4 Å². The van der Waals surface area contributed by atoms with E-state index in [1.165, 1.54) is 63.4 Å². The Kier molecular flexibility index (Phi) is 4.86. The van der Waals surface area contributed by atoms with Gasteiger partial charge in [-0.05, 0) is 37.2 Å². The fourth-order valence-corrected chi connectivity index (χ4v) is 3.53. The van der Waals surface area contributed by atoms with Crippen molar-refractivity contribution in [1.29, 1.82) is 0 Å². The predicted molar refractivity (Wildman–Crippen MR) is 80.1 cm³/mol. The minimum atomic E-state index is 0.515. The second-order valence-electron chi connectivity index (χ2n) is 6.16. The smallest absolute Gasteiger partial charge is 0.00470 e. The largest absolute Gasteiger partial charge is 0.0654 e. The molecule has 0 aliphatic heterocycles. The SMILES string of the molecule is CCCCCC1(c2ccc(C)cc2)CCCCC1. The minimum absolute atomic E-state index is 0.515. The van der Waals surface area contributed by atoms with Crippen LogP contribution in [0.4, 0.5) is 0 Å². The maximum Gasteiger partial charge on any atom is -0.00470 e. The topological polar surface area (TPSA) is 0 Å². The van der Waals surface area contributed by atoms with Crippen molar-refractivity contribution in [2.75, 3.05) is 0 Å². The van der Waals surface area contributed by atoms with Crippen LogP contribution in [0.5, 0.6) is 0 Å². The Balaban J connectivity index is 2.15. The number of benzene rings is 1. The molecule has 1 aliphatic rings. The van der Waals surface area contributed by atoms with Gasteiger partial charge in [-0.3, -0.25) is 0 Å². The van der Waals surface area contributed by atoms with Gasteiger partial charge in [0.15, 0.2) is 0 Å². The van der Waals surface area contributed by atoms with Crippen LogP contribution in [0.1, 0.15) is 75.8 Å². The summed E-state index contributed by atoms with van der Waals surface area (Å²) in [7, 11) is 0. The maximum absolute atomic E-state index is 2.40. The molecule has 0 aromatic heterocycles. The summed E-state index contributed by atoms with van der Waals surface area (Å²) in [6.45, 7) is 4.49. The van der Waals surface area contributed by atoms with Gasteiger partial charge in [0.25, 0.3) is 0 Å². The molecule has 0 N–H and O–H groups in total. The summed E-state index contributed by atoms with van der Waals surface area (Å²) >= 11 is 0. The lowest BCUT2D eigenvalue weighted by Gasteiger charge is -2.38. The normalized spacial score (nSPS) is 18.8. The molecular weight excluding hydrogens is 216 g/mol. The minimum Gasteiger partial charge on any atom is -0.0654 e. The number of hydrogen-bond acceptors (Lipinski definition) is 0. The van der Waals surface area contributed by atoms with Crippen molar-refractivity contribution >= 4 is 0 Å². The van der Waals surface area contributed by atoms with Gasteiger partial charge in [-0.25, -0.2) is 0 Å². The van der Waals surface area contributed by atoms with Crippen molar-refractivity contribution in [3.8, 4) is 0 Å². The summed E-state index contributed by atoms with van der Waals surface area (Å²) in [5.41, 5.74) is 3.52. The van der Waals surface area contributed by atoms with Crippen molar-refractivity contribution < 1.29 is 0 Å². The van der Waals surface area contributed by atoms with Crippen molar-refractivity contribution in [3.63, 3.8) is 0 Å². The highest BCUT2D eigenvalue weighted by molar-refractivity contribution is 5.29. The standard InChI is InChI=1S/C18H28/c1-3-4-6-13-18(14-7-5-8-15-18)17-11-9-16(2)10-12-17/h9-12H,3-8,13-15H2,1-2H3. The molecule has 1 aromatic rings. The van der Waals surface area contributed by atoms with Crippen LogP contribution in [0, 0.1) is 6.92 Å². The zero-order chi connectivity index (χ0) is 12.8. The molecule has 2 rings (SSSR count). The van der Waals surface area contributed by atoms with Gasteiger partial charge in [0.1, 0.15) is 0 Å². The fourth-order valence-electron chi connectivity index (χ4n) is 3.53. The van der Waals surface area contributed by atoms with Gasteiger partial charge in [0.2, 0.25) is 0 Å². The molecule has 0 atom stereocenters. The highest BCUT2D eigenvalue weighted by atomic mass is 14.4. The molecule has 0 radical (unpaired) electrons. The quantitative estimate of drug-likeness (QED) is 0.576. The van der Waals surface area contributed by atoms with E-state index in [-0.39, 0.29) is 0 Å². The molecule has 0 unspecified atom stereocenters. The van der Waals surface area contributed by atoms with Crippen molar-refractivity contribution in [2.45, 2.75) is 77.0 Å². The van der Waals surface area contributed by atoms with Crippen molar-refractivity contribution in [2.24, 2.45) is 0 Å². The predicted octanol–water partition coefficient (Wildman–Crippen LogP) is 5.78. The lowest BCUT2D eigenvalue weighted by molar-refractivity contribution is 0.266. The first-order valence-corrected chi connectivity index (χ1v) is 7.84. The molecule has 0 spiro atoms. The van der Waals surface area contributed by atoms with Gasteiger partial charge in [0.05, 0.1) is 0 Å². The van der Waals surface area contributed by atoms with Gasteiger partial charge in [-0.2, -0.15) is 0 Å². The lowest BCUT2D eigenvalue weighted by atomic mass is 9.66. The molecule has 0 heterocycles. The average Bonchev–Trinajstić information content (AvgIpc) is 2.41. The van der Waals surface area contributed by atoms with Crippen LogP contribution in [0.15, 0.2) is 24.3 Å². The summed E-state index contributed by atoms with van der Waals surface area (Å²) in [4.78, 5) is 0. The number of aryl methyl sites for hydroxylation is 1. The van der Waals surface area contributed by atoms with E-state index >= 15 is 0 Å². The number of unbranched alkanes of at least 4 members (excludes halogenated alkanes) is 2. The molecule has 1 aliphatic carbocycles. The molecule has 18 heavy (non-hydrogen) atoms. The summed E-state index contributed by atoms with van der Waals surface area (Å²) < 4.78 is 0. The van der Waals surface area contributed by atoms with E-state index in [4.69, 9.17) is 0 Å². The average molecular weight is 244 g/mol. The Morgan fingerprint density at radius 1 is 0.944 bits per heavy atom. The molecule has 0 bridgehead atoms. The summed E-state index contributed by atoms with van der Waals surface area (Å²) in [5.74, 6) is 0. The molecule has 100 valence electrons. The second kappa shape index (κ2) is 6.41. The van der Waals surface area contributed by atoms with Crippen LogP contribution in [-0.4, -0.2) is 0 Å². The van der Waals surface area contributed by atoms with Crippen LogP contribution in [0.3, 0.4) is 0 Å². The van der Waals surface area contributed by atoms with E-state index in [1.54, 1.807) is 5.56 Å². The summed E-state index contributed by atoms with van der Waals surface area (Å²) in [5, 5.41) is 0. The molecule has 0 amide bonds. The van der Waals surface area contributed by atoms with Gasteiger partial charge >= 0.3 is 0 Å². The molecule has 0 heteroatoms. The van der Waals surface area contributed by atoms with E-state index in [9.17, 15) is 0 Å². The molecule has 0 nitrogen and oxygen atoms in total. The zero-order valence-electron chi connectivity index (χ0n) is 12.2. The first-order valence-electron chi connectivity index (χ1n) is 7.84. The molecule has 0 saturated heterocycles. The second-order valence-corrected chi connectivity index (χ2v) is 6.16. The summed E-state index contributed by atoms with van der Waals surface area (Å²) in [6, 6.07) is 9.39. The van der Waals surface area contributed by atoms with E-state index < -0.39 is 0 Å². The highest BCUT2D eigenvalue weighted by Gasteiger charge is 2.32.